The van der Waals surface area contributed by atoms with Crippen LogP contribution in [-0.4, -0.2) is 35.7 Å². The molecule has 21 heavy (non-hydrogen) atoms. The molecule has 0 bridgehead atoms. The standard InChI is InChI=1S/C16H21NO4/c1-16(2,3)11-6-4-10(5-7-11)15(20)21-12-8-13(14(18)19)17-9-12/h4-7,12-13,17H,8-9H2,1-3H3,(H,18,19)/t12-,13+/m1/s1. The second-order valence-corrected chi connectivity index (χ2v) is 6.39. The van der Waals surface area contributed by atoms with Crippen molar-refractivity contribution >= 4 is 11.9 Å². The van der Waals surface area contributed by atoms with Gasteiger partial charge in [0, 0.05) is 13.0 Å². The van der Waals surface area contributed by atoms with E-state index in [0.29, 0.717) is 18.5 Å². The summed E-state index contributed by atoms with van der Waals surface area (Å²) in [5.74, 6) is -1.32. The number of benzene rings is 1. The maximum absolute atomic E-state index is 12.0. The summed E-state index contributed by atoms with van der Waals surface area (Å²) in [6, 6.07) is 6.71. The van der Waals surface area contributed by atoms with Crippen molar-refractivity contribution < 1.29 is 19.4 Å². The Hall–Kier alpha value is -1.88. The lowest BCUT2D eigenvalue weighted by molar-refractivity contribution is -0.139. The van der Waals surface area contributed by atoms with Crippen molar-refractivity contribution in [3.63, 3.8) is 0 Å². The van der Waals surface area contributed by atoms with Gasteiger partial charge in [-0.25, -0.2) is 4.79 Å². The minimum absolute atomic E-state index is 0.0342. The highest BCUT2D eigenvalue weighted by Gasteiger charge is 2.31. The third-order valence-electron chi connectivity index (χ3n) is 3.65. The fourth-order valence-electron chi connectivity index (χ4n) is 2.31. The Morgan fingerprint density at radius 1 is 1.24 bits per heavy atom. The van der Waals surface area contributed by atoms with E-state index < -0.39 is 18.0 Å². The zero-order valence-electron chi connectivity index (χ0n) is 12.6. The first-order valence-corrected chi connectivity index (χ1v) is 7.05. The molecule has 1 aromatic rings. The zero-order valence-corrected chi connectivity index (χ0v) is 12.6. The number of ether oxygens (including phenoxy) is 1. The van der Waals surface area contributed by atoms with Gasteiger partial charge in [-0.2, -0.15) is 0 Å². The molecule has 1 heterocycles. The van der Waals surface area contributed by atoms with Crippen LogP contribution in [0, 0.1) is 0 Å². The SMILES string of the molecule is CC(C)(C)c1ccc(C(=O)O[C@H]2CN[C@H](C(=O)O)C2)cc1. The quantitative estimate of drug-likeness (QED) is 0.833. The van der Waals surface area contributed by atoms with Gasteiger partial charge >= 0.3 is 11.9 Å². The second kappa shape index (κ2) is 5.85. The molecule has 5 nitrogen and oxygen atoms in total. The van der Waals surface area contributed by atoms with Crippen molar-refractivity contribution in [1.82, 2.24) is 5.32 Å². The molecule has 0 spiro atoms. The number of carbonyl (C=O) groups is 2. The number of hydrogen-bond acceptors (Lipinski definition) is 4. The summed E-state index contributed by atoms with van der Waals surface area (Å²) >= 11 is 0. The predicted molar refractivity (Wildman–Crippen MR) is 78.4 cm³/mol. The zero-order chi connectivity index (χ0) is 15.6. The van der Waals surface area contributed by atoms with Crippen LogP contribution < -0.4 is 5.32 Å². The number of carbonyl (C=O) groups excluding carboxylic acids is 1. The molecule has 1 aliphatic heterocycles. The molecule has 1 aliphatic rings. The van der Waals surface area contributed by atoms with Gasteiger partial charge in [-0.3, -0.25) is 4.79 Å². The summed E-state index contributed by atoms with van der Waals surface area (Å²) in [7, 11) is 0. The van der Waals surface area contributed by atoms with E-state index in [2.05, 4.69) is 26.1 Å². The van der Waals surface area contributed by atoms with E-state index in [1.807, 2.05) is 12.1 Å². The Kier molecular flexibility index (Phi) is 4.32. The van der Waals surface area contributed by atoms with Crippen molar-refractivity contribution in [1.29, 1.82) is 0 Å². The van der Waals surface area contributed by atoms with Gasteiger partial charge in [0.25, 0.3) is 0 Å². The molecule has 114 valence electrons. The van der Waals surface area contributed by atoms with E-state index in [0.717, 1.165) is 5.56 Å². The predicted octanol–water partition coefficient (Wildman–Crippen LogP) is 1.96. The Morgan fingerprint density at radius 2 is 1.86 bits per heavy atom. The van der Waals surface area contributed by atoms with Crippen LogP contribution in [-0.2, 0) is 14.9 Å². The number of esters is 1. The third-order valence-corrected chi connectivity index (χ3v) is 3.65. The van der Waals surface area contributed by atoms with Crippen molar-refractivity contribution in [2.75, 3.05) is 6.54 Å². The number of aliphatic carboxylic acids is 1. The fourth-order valence-corrected chi connectivity index (χ4v) is 2.31. The lowest BCUT2D eigenvalue weighted by Crippen LogP contribution is -2.30. The van der Waals surface area contributed by atoms with Crippen LogP contribution >= 0.6 is 0 Å². The van der Waals surface area contributed by atoms with Crippen molar-refractivity contribution in [2.45, 2.75) is 44.8 Å². The summed E-state index contributed by atoms with van der Waals surface area (Å²) in [5, 5.41) is 11.7. The number of carboxylic acids is 1. The molecule has 1 saturated heterocycles. The Morgan fingerprint density at radius 3 is 2.33 bits per heavy atom. The van der Waals surface area contributed by atoms with Crippen LogP contribution in [0.1, 0.15) is 43.1 Å². The molecular formula is C16H21NO4. The molecule has 2 rings (SSSR count). The topological polar surface area (TPSA) is 75.6 Å². The van der Waals surface area contributed by atoms with Gasteiger partial charge in [0.1, 0.15) is 12.1 Å². The molecule has 0 saturated carbocycles. The number of hydrogen-bond donors (Lipinski definition) is 2. The highest BCUT2D eigenvalue weighted by atomic mass is 16.5. The van der Waals surface area contributed by atoms with Crippen LogP contribution in [0.4, 0.5) is 0 Å². The highest BCUT2D eigenvalue weighted by Crippen LogP contribution is 2.22. The van der Waals surface area contributed by atoms with E-state index in [1.165, 1.54) is 0 Å². The van der Waals surface area contributed by atoms with Gasteiger partial charge in [0.05, 0.1) is 5.56 Å². The lowest BCUT2D eigenvalue weighted by Gasteiger charge is -2.19. The first-order chi connectivity index (χ1) is 9.77. The molecule has 0 radical (unpaired) electrons. The van der Waals surface area contributed by atoms with Crippen LogP contribution in [0.25, 0.3) is 0 Å². The Labute approximate surface area is 124 Å². The number of nitrogens with one attached hydrogen (secondary N) is 1. The molecule has 0 aromatic heterocycles. The molecule has 5 heteroatoms. The van der Waals surface area contributed by atoms with Crippen LogP contribution in [0.2, 0.25) is 0 Å². The third kappa shape index (κ3) is 3.82. The first kappa shape index (κ1) is 15.5. The van der Waals surface area contributed by atoms with E-state index in [1.54, 1.807) is 12.1 Å². The normalized spacial score (nSPS) is 22.0. The summed E-state index contributed by atoms with van der Waals surface area (Å²) in [6.45, 7) is 6.70. The molecule has 0 aliphatic carbocycles. The maximum atomic E-state index is 12.0. The molecule has 2 atom stereocenters. The number of carboxylic acid groups (broad SMARTS) is 1. The van der Waals surface area contributed by atoms with Crippen molar-refractivity contribution in [3.05, 3.63) is 35.4 Å². The molecule has 1 fully saturated rings. The van der Waals surface area contributed by atoms with Gasteiger partial charge in [-0.1, -0.05) is 32.9 Å². The van der Waals surface area contributed by atoms with Crippen molar-refractivity contribution in [3.8, 4) is 0 Å². The largest absolute Gasteiger partial charge is 0.480 e. The van der Waals surface area contributed by atoms with Crippen LogP contribution in [0.15, 0.2) is 24.3 Å². The smallest absolute Gasteiger partial charge is 0.338 e. The van der Waals surface area contributed by atoms with Crippen LogP contribution in [0.5, 0.6) is 0 Å². The second-order valence-electron chi connectivity index (χ2n) is 6.39. The minimum Gasteiger partial charge on any atom is -0.480 e. The molecule has 0 amide bonds. The molecule has 0 unspecified atom stereocenters. The van der Waals surface area contributed by atoms with Gasteiger partial charge in [0.2, 0.25) is 0 Å². The van der Waals surface area contributed by atoms with Gasteiger partial charge < -0.3 is 15.2 Å². The molecular weight excluding hydrogens is 270 g/mol. The highest BCUT2D eigenvalue weighted by molar-refractivity contribution is 5.89. The summed E-state index contributed by atoms with van der Waals surface area (Å²) in [6.07, 6.45) is -0.0814. The maximum Gasteiger partial charge on any atom is 0.338 e. The summed E-state index contributed by atoms with van der Waals surface area (Å²) in [5.41, 5.74) is 1.67. The lowest BCUT2D eigenvalue weighted by atomic mass is 9.87. The van der Waals surface area contributed by atoms with E-state index in [9.17, 15) is 9.59 Å². The molecule has 1 aromatic carbocycles. The minimum atomic E-state index is -0.914. The van der Waals surface area contributed by atoms with Gasteiger partial charge in [0.15, 0.2) is 0 Å². The molecule has 2 N–H and O–H groups in total. The summed E-state index contributed by atoms with van der Waals surface area (Å²) in [4.78, 5) is 22.9. The fraction of sp³-hybridized carbons (Fsp3) is 0.500. The Balaban J connectivity index is 1.97. The first-order valence-electron chi connectivity index (χ1n) is 7.05. The van der Waals surface area contributed by atoms with Crippen molar-refractivity contribution in [2.24, 2.45) is 0 Å². The van der Waals surface area contributed by atoms with E-state index in [-0.39, 0.29) is 11.5 Å². The Bertz CT molecular complexity index is 530. The average molecular weight is 291 g/mol. The van der Waals surface area contributed by atoms with E-state index in [4.69, 9.17) is 9.84 Å². The van der Waals surface area contributed by atoms with Crippen LogP contribution in [0.3, 0.4) is 0 Å². The number of rotatable bonds is 3. The van der Waals surface area contributed by atoms with Gasteiger partial charge in [-0.05, 0) is 23.1 Å². The van der Waals surface area contributed by atoms with Gasteiger partial charge in [-0.15, -0.1) is 0 Å². The summed E-state index contributed by atoms with van der Waals surface area (Å²) < 4.78 is 5.34. The monoisotopic (exact) mass is 291 g/mol. The van der Waals surface area contributed by atoms with E-state index >= 15 is 0 Å². The average Bonchev–Trinajstić information content (AvgIpc) is 2.86.